The molecule has 0 radical (unpaired) electrons. The monoisotopic (exact) mass is 239 g/mol. The van der Waals surface area contributed by atoms with Crippen LogP contribution in [0.25, 0.3) is 0 Å². The third-order valence-electron chi connectivity index (χ3n) is 2.30. The highest BCUT2D eigenvalue weighted by Crippen LogP contribution is 2.11. The number of carbonyl (C=O) groups is 1. The first-order valence-electron chi connectivity index (χ1n) is 5.14. The van der Waals surface area contributed by atoms with Crippen LogP contribution < -0.4 is 0 Å². The average Bonchev–Trinajstić information content (AvgIpc) is 2.29. The summed E-state index contributed by atoms with van der Waals surface area (Å²) in [6.45, 7) is 0.591. The first-order chi connectivity index (χ1) is 7.63. The Hall–Kier alpha value is -1.16. The fourth-order valence-corrected chi connectivity index (χ4v) is 1.72. The molecule has 1 aromatic carbocycles. The number of hydrogen-bond acceptors (Lipinski definition) is 3. The molecule has 0 spiro atoms. The van der Waals surface area contributed by atoms with Crippen LogP contribution in [0.15, 0.2) is 24.3 Å². The first-order valence-corrected chi connectivity index (χ1v) is 6.53. The number of hydrogen-bond donors (Lipinski definition) is 1. The van der Waals surface area contributed by atoms with Gasteiger partial charge in [-0.25, -0.2) is 0 Å². The van der Waals surface area contributed by atoms with Gasteiger partial charge < -0.3 is 10.0 Å². The van der Waals surface area contributed by atoms with Gasteiger partial charge in [-0.3, -0.25) is 4.79 Å². The maximum Gasteiger partial charge on any atom is 0.223 e. The maximum atomic E-state index is 11.6. The molecule has 0 saturated heterocycles. The Kier molecular flexibility index (Phi) is 5.19. The molecular formula is C12H17NO2S. The van der Waals surface area contributed by atoms with E-state index in [1.54, 1.807) is 35.8 Å². The Morgan fingerprint density at radius 3 is 2.56 bits per heavy atom. The van der Waals surface area contributed by atoms with Crippen molar-refractivity contribution >= 4 is 17.7 Å². The number of thioether (sulfide) groups is 1. The van der Waals surface area contributed by atoms with Crippen LogP contribution in [-0.4, -0.2) is 35.0 Å². The van der Waals surface area contributed by atoms with Crippen LogP contribution in [0.1, 0.15) is 12.0 Å². The predicted molar refractivity (Wildman–Crippen MR) is 67.6 cm³/mol. The van der Waals surface area contributed by atoms with E-state index >= 15 is 0 Å². The lowest BCUT2D eigenvalue weighted by Crippen LogP contribution is -2.26. The second kappa shape index (κ2) is 6.43. The van der Waals surface area contributed by atoms with Gasteiger partial charge in [0.2, 0.25) is 5.91 Å². The van der Waals surface area contributed by atoms with Gasteiger partial charge in [0.15, 0.2) is 0 Å². The van der Waals surface area contributed by atoms with Gasteiger partial charge in [-0.2, -0.15) is 11.8 Å². The van der Waals surface area contributed by atoms with Crippen LogP contribution in [0.2, 0.25) is 0 Å². The zero-order chi connectivity index (χ0) is 12.0. The summed E-state index contributed by atoms with van der Waals surface area (Å²) >= 11 is 1.68. The standard InChI is InChI=1S/C12H17NO2S/c1-13(12(15)7-8-16-2)9-10-3-5-11(14)6-4-10/h3-6,14H,7-9H2,1-2H3. The molecule has 0 aliphatic rings. The van der Waals surface area contributed by atoms with Crippen molar-refractivity contribution in [3.8, 4) is 5.75 Å². The van der Waals surface area contributed by atoms with Crippen molar-refractivity contribution in [3.63, 3.8) is 0 Å². The molecule has 0 aromatic heterocycles. The van der Waals surface area contributed by atoms with Gasteiger partial charge in [0.05, 0.1) is 0 Å². The molecular weight excluding hydrogens is 222 g/mol. The van der Waals surface area contributed by atoms with E-state index in [1.807, 2.05) is 18.4 Å². The highest BCUT2D eigenvalue weighted by atomic mass is 32.2. The van der Waals surface area contributed by atoms with Crippen molar-refractivity contribution in [2.75, 3.05) is 19.1 Å². The van der Waals surface area contributed by atoms with E-state index in [2.05, 4.69) is 0 Å². The van der Waals surface area contributed by atoms with Crippen molar-refractivity contribution < 1.29 is 9.90 Å². The molecule has 0 atom stereocenters. The normalized spacial score (nSPS) is 10.1. The van der Waals surface area contributed by atoms with Crippen LogP contribution in [0.4, 0.5) is 0 Å². The summed E-state index contributed by atoms with van der Waals surface area (Å²) in [4.78, 5) is 13.3. The van der Waals surface area contributed by atoms with E-state index in [9.17, 15) is 4.79 Å². The third kappa shape index (κ3) is 4.14. The van der Waals surface area contributed by atoms with Crippen molar-refractivity contribution in [3.05, 3.63) is 29.8 Å². The van der Waals surface area contributed by atoms with Gasteiger partial charge in [-0.1, -0.05) is 12.1 Å². The van der Waals surface area contributed by atoms with E-state index in [0.717, 1.165) is 11.3 Å². The molecule has 1 aromatic rings. The van der Waals surface area contributed by atoms with E-state index < -0.39 is 0 Å². The minimum atomic E-state index is 0.155. The highest BCUT2D eigenvalue weighted by Gasteiger charge is 2.08. The van der Waals surface area contributed by atoms with E-state index in [0.29, 0.717) is 13.0 Å². The lowest BCUT2D eigenvalue weighted by molar-refractivity contribution is -0.129. The summed E-state index contributed by atoms with van der Waals surface area (Å²) in [5.74, 6) is 1.26. The number of phenols is 1. The molecule has 1 amide bonds. The minimum absolute atomic E-state index is 0.155. The summed E-state index contributed by atoms with van der Waals surface area (Å²) in [7, 11) is 1.80. The molecule has 88 valence electrons. The summed E-state index contributed by atoms with van der Waals surface area (Å²) in [5, 5.41) is 9.13. The highest BCUT2D eigenvalue weighted by molar-refractivity contribution is 7.98. The Morgan fingerprint density at radius 1 is 1.38 bits per heavy atom. The fourth-order valence-electron chi connectivity index (χ4n) is 1.34. The molecule has 1 N–H and O–H groups in total. The van der Waals surface area contributed by atoms with Gasteiger partial charge in [0, 0.05) is 25.8 Å². The molecule has 0 aliphatic heterocycles. The van der Waals surface area contributed by atoms with E-state index in [-0.39, 0.29) is 11.7 Å². The number of carbonyl (C=O) groups excluding carboxylic acids is 1. The van der Waals surface area contributed by atoms with Gasteiger partial charge >= 0.3 is 0 Å². The Labute approximate surface area is 100 Å². The van der Waals surface area contributed by atoms with Crippen LogP contribution in [0, 0.1) is 0 Å². The summed E-state index contributed by atoms with van der Waals surface area (Å²) < 4.78 is 0. The summed E-state index contributed by atoms with van der Waals surface area (Å²) in [5.41, 5.74) is 1.03. The van der Waals surface area contributed by atoms with Gasteiger partial charge in [-0.05, 0) is 24.0 Å². The summed E-state index contributed by atoms with van der Waals surface area (Å²) in [6.07, 6.45) is 2.57. The molecule has 0 fully saturated rings. The summed E-state index contributed by atoms with van der Waals surface area (Å²) in [6, 6.07) is 6.92. The lowest BCUT2D eigenvalue weighted by atomic mass is 10.2. The smallest absolute Gasteiger partial charge is 0.223 e. The number of benzene rings is 1. The molecule has 4 heteroatoms. The van der Waals surface area contributed by atoms with Crippen LogP contribution in [-0.2, 0) is 11.3 Å². The largest absolute Gasteiger partial charge is 0.508 e. The van der Waals surface area contributed by atoms with E-state index in [1.165, 1.54) is 0 Å². The fraction of sp³-hybridized carbons (Fsp3) is 0.417. The lowest BCUT2D eigenvalue weighted by Gasteiger charge is -2.17. The number of aromatic hydroxyl groups is 1. The zero-order valence-corrected chi connectivity index (χ0v) is 10.5. The van der Waals surface area contributed by atoms with Crippen LogP contribution in [0.5, 0.6) is 5.75 Å². The first kappa shape index (κ1) is 12.9. The average molecular weight is 239 g/mol. The van der Waals surface area contributed by atoms with Crippen LogP contribution >= 0.6 is 11.8 Å². The second-order valence-corrected chi connectivity index (χ2v) is 4.64. The quantitative estimate of drug-likeness (QED) is 0.855. The van der Waals surface area contributed by atoms with E-state index in [4.69, 9.17) is 5.11 Å². The molecule has 16 heavy (non-hydrogen) atoms. The Bertz CT molecular complexity index is 337. The minimum Gasteiger partial charge on any atom is -0.508 e. The van der Waals surface area contributed by atoms with Crippen molar-refractivity contribution in [1.82, 2.24) is 4.90 Å². The Balaban J connectivity index is 2.47. The van der Waals surface area contributed by atoms with Crippen molar-refractivity contribution in [2.45, 2.75) is 13.0 Å². The van der Waals surface area contributed by atoms with Gasteiger partial charge in [-0.15, -0.1) is 0 Å². The third-order valence-corrected chi connectivity index (χ3v) is 2.91. The molecule has 1 rings (SSSR count). The van der Waals surface area contributed by atoms with Crippen molar-refractivity contribution in [2.24, 2.45) is 0 Å². The number of phenolic OH excluding ortho intramolecular Hbond substituents is 1. The SMILES string of the molecule is CSCCC(=O)N(C)Cc1ccc(O)cc1. The zero-order valence-electron chi connectivity index (χ0n) is 9.64. The molecule has 3 nitrogen and oxygen atoms in total. The van der Waals surface area contributed by atoms with Gasteiger partial charge in [0.1, 0.15) is 5.75 Å². The van der Waals surface area contributed by atoms with Crippen LogP contribution in [0.3, 0.4) is 0 Å². The second-order valence-electron chi connectivity index (χ2n) is 3.66. The molecule has 0 heterocycles. The Morgan fingerprint density at radius 2 is 2.00 bits per heavy atom. The molecule has 0 bridgehead atoms. The number of amides is 1. The number of nitrogens with zero attached hydrogens (tertiary/aromatic N) is 1. The number of rotatable bonds is 5. The van der Waals surface area contributed by atoms with Gasteiger partial charge in [0.25, 0.3) is 0 Å². The molecule has 0 aliphatic carbocycles. The molecule has 0 saturated carbocycles. The topological polar surface area (TPSA) is 40.5 Å². The predicted octanol–water partition coefficient (Wildman–Crippen LogP) is 2.10. The van der Waals surface area contributed by atoms with Crippen molar-refractivity contribution in [1.29, 1.82) is 0 Å². The maximum absolute atomic E-state index is 11.6. The molecule has 0 unspecified atom stereocenters.